The summed E-state index contributed by atoms with van der Waals surface area (Å²) in [5, 5.41) is 2.97. The van der Waals surface area contributed by atoms with Gasteiger partial charge in [0.1, 0.15) is 22.2 Å². The van der Waals surface area contributed by atoms with E-state index < -0.39 is 5.91 Å². The number of hydrogen-bond donors (Lipinski definition) is 2. The Kier molecular flexibility index (Phi) is 3.97. The molecule has 2 rings (SSSR count). The van der Waals surface area contributed by atoms with Gasteiger partial charge in [0.2, 0.25) is 0 Å². The average molecular weight is 326 g/mol. The SMILES string of the molecule is O=C(Nc1ncnc(Cl)c1Cl)c1cc(Cl)c(Cl)[nH]1. The van der Waals surface area contributed by atoms with Gasteiger partial charge in [-0.1, -0.05) is 46.4 Å². The molecule has 0 saturated carbocycles. The van der Waals surface area contributed by atoms with Crippen LogP contribution in [0.25, 0.3) is 0 Å². The predicted octanol–water partition coefficient (Wildman–Crippen LogP) is 3.67. The van der Waals surface area contributed by atoms with E-state index in [9.17, 15) is 4.79 Å². The lowest BCUT2D eigenvalue weighted by molar-refractivity contribution is 0.102. The van der Waals surface area contributed by atoms with E-state index in [4.69, 9.17) is 46.4 Å². The van der Waals surface area contributed by atoms with Gasteiger partial charge in [-0.3, -0.25) is 4.79 Å². The van der Waals surface area contributed by atoms with Crippen molar-refractivity contribution in [2.45, 2.75) is 0 Å². The first-order valence-electron chi connectivity index (χ1n) is 4.50. The molecule has 1 amide bonds. The molecular formula is C9H4Cl4N4O. The summed E-state index contributed by atoms with van der Waals surface area (Å²) in [6, 6.07) is 1.38. The third-order valence-corrected chi connectivity index (χ3v) is 3.38. The smallest absolute Gasteiger partial charge is 0.273 e. The van der Waals surface area contributed by atoms with Gasteiger partial charge in [-0.05, 0) is 6.07 Å². The van der Waals surface area contributed by atoms with Gasteiger partial charge >= 0.3 is 0 Å². The molecule has 2 N–H and O–H groups in total. The molecule has 2 aromatic rings. The second-order valence-electron chi connectivity index (χ2n) is 3.13. The molecule has 5 nitrogen and oxygen atoms in total. The molecule has 0 aliphatic carbocycles. The summed E-state index contributed by atoms with van der Waals surface area (Å²) in [7, 11) is 0. The molecule has 94 valence electrons. The van der Waals surface area contributed by atoms with Crippen molar-refractivity contribution >= 4 is 58.1 Å². The summed E-state index contributed by atoms with van der Waals surface area (Å²) in [6.07, 6.45) is 1.18. The van der Waals surface area contributed by atoms with Crippen molar-refractivity contribution in [2.75, 3.05) is 5.32 Å². The molecule has 0 unspecified atom stereocenters. The van der Waals surface area contributed by atoms with Crippen molar-refractivity contribution in [1.29, 1.82) is 0 Å². The third-order valence-electron chi connectivity index (χ3n) is 1.95. The lowest BCUT2D eigenvalue weighted by atomic mass is 10.4. The number of carbonyl (C=O) groups is 1. The van der Waals surface area contributed by atoms with E-state index >= 15 is 0 Å². The van der Waals surface area contributed by atoms with Gasteiger partial charge < -0.3 is 10.3 Å². The fourth-order valence-electron chi connectivity index (χ4n) is 1.14. The molecule has 0 saturated heterocycles. The van der Waals surface area contributed by atoms with E-state index in [-0.39, 0.29) is 31.9 Å². The van der Waals surface area contributed by atoms with Crippen molar-refractivity contribution < 1.29 is 4.79 Å². The van der Waals surface area contributed by atoms with Crippen molar-refractivity contribution in [3.8, 4) is 0 Å². The number of H-pyrrole nitrogens is 1. The highest BCUT2D eigenvalue weighted by molar-refractivity contribution is 6.43. The summed E-state index contributed by atoms with van der Waals surface area (Å²) in [5.41, 5.74) is 0.177. The van der Waals surface area contributed by atoms with E-state index in [0.717, 1.165) is 0 Å². The summed E-state index contributed by atoms with van der Waals surface area (Å²) in [5.74, 6) is -0.399. The molecular weight excluding hydrogens is 322 g/mol. The number of rotatable bonds is 2. The van der Waals surface area contributed by atoms with Crippen LogP contribution in [0.15, 0.2) is 12.4 Å². The molecule has 18 heavy (non-hydrogen) atoms. The minimum atomic E-state index is -0.500. The lowest BCUT2D eigenvalue weighted by Gasteiger charge is -2.04. The zero-order chi connectivity index (χ0) is 13.3. The van der Waals surface area contributed by atoms with Gasteiger partial charge in [0, 0.05) is 0 Å². The first-order chi connectivity index (χ1) is 8.49. The van der Waals surface area contributed by atoms with E-state index in [0.29, 0.717) is 0 Å². The average Bonchev–Trinajstić information content (AvgIpc) is 2.66. The topological polar surface area (TPSA) is 70.7 Å². The molecule has 0 aliphatic heterocycles. The quantitative estimate of drug-likeness (QED) is 0.827. The first-order valence-corrected chi connectivity index (χ1v) is 6.01. The highest BCUT2D eigenvalue weighted by Crippen LogP contribution is 2.26. The number of carbonyl (C=O) groups excluding carboxylic acids is 1. The normalized spacial score (nSPS) is 10.4. The van der Waals surface area contributed by atoms with Crippen LogP contribution in [-0.4, -0.2) is 20.9 Å². The Morgan fingerprint density at radius 2 is 1.94 bits per heavy atom. The minimum Gasteiger partial charge on any atom is -0.340 e. The summed E-state index contributed by atoms with van der Waals surface area (Å²) >= 11 is 22.9. The molecule has 0 radical (unpaired) electrons. The number of aromatic amines is 1. The summed E-state index contributed by atoms with van der Waals surface area (Å²) in [4.78, 5) is 21.9. The molecule has 0 aromatic carbocycles. The highest BCUT2D eigenvalue weighted by atomic mass is 35.5. The van der Waals surface area contributed by atoms with Crippen LogP contribution in [0.2, 0.25) is 20.4 Å². The first kappa shape index (κ1) is 13.4. The van der Waals surface area contributed by atoms with Crippen LogP contribution in [0.3, 0.4) is 0 Å². The Hall–Kier alpha value is -1.01. The number of amides is 1. The lowest BCUT2D eigenvalue weighted by Crippen LogP contribution is -2.14. The van der Waals surface area contributed by atoms with Crippen molar-refractivity contribution in [3.05, 3.63) is 38.4 Å². The molecule has 0 atom stereocenters. The van der Waals surface area contributed by atoms with Crippen molar-refractivity contribution in [3.63, 3.8) is 0 Å². The van der Waals surface area contributed by atoms with Gasteiger partial charge in [-0.15, -0.1) is 0 Å². The number of nitrogens with one attached hydrogen (secondary N) is 2. The van der Waals surface area contributed by atoms with E-state index in [1.165, 1.54) is 12.4 Å². The number of nitrogens with zero attached hydrogens (tertiary/aromatic N) is 2. The van der Waals surface area contributed by atoms with Crippen molar-refractivity contribution in [1.82, 2.24) is 15.0 Å². The second kappa shape index (κ2) is 5.32. The Labute approximate surface area is 121 Å². The maximum absolute atomic E-state index is 11.8. The zero-order valence-corrected chi connectivity index (χ0v) is 11.5. The third kappa shape index (κ3) is 2.70. The fourth-order valence-corrected chi connectivity index (χ4v) is 1.73. The number of aromatic nitrogens is 3. The van der Waals surface area contributed by atoms with E-state index in [2.05, 4.69) is 20.3 Å². The molecule has 0 aliphatic rings. The summed E-state index contributed by atoms with van der Waals surface area (Å²) in [6.45, 7) is 0. The molecule has 0 spiro atoms. The Balaban J connectivity index is 2.24. The number of anilines is 1. The monoisotopic (exact) mass is 324 g/mol. The second-order valence-corrected chi connectivity index (χ2v) is 4.65. The minimum absolute atomic E-state index is 0.0458. The Morgan fingerprint density at radius 1 is 1.22 bits per heavy atom. The van der Waals surface area contributed by atoms with Crippen LogP contribution in [0.1, 0.15) is 10.5 Å². The van der Waals surface area contributed by atoms with E-state index in [1.807, 2.05) is 0 Å². The van der Waals surface area contributed by atoms with Crippen LogP contribution in [0, 0.1) is 0 Å². The number of halogens is 4. The standard InChI is InChI=1S/C9H4Cl4N4O/c10-3-1-4(16-6(3)12)9(18)17-8-5(11)7(13)14-2-15-8/h1-2,16H,(H,14,15,17,18). The van der Waals surface area contributed by atoms with Crippen LogP contribution in [0.5, 0.6) is 0 Å². The van der Waals surface area contributed by atoms with Gasteiger partial charge in [-0.25, -0.2) is 9.97 Å². The van der Waals surface area contributed by atoms with E-state index in [1.54, 1.807) is 0 Å². The Bertz CT molecular complexity index is 593. The fraction of sp³-hybridized carbons (Fsp3) is 0. The van der Waals surface area contributed by atoms with Crippen LogP contribution in [0.4, 0.5) is 5.82 Å². The maximum atomic E-state index is 11.8. The van der Waals surface area contributed by atoms with Gasteiger partial charge in [0.25, 0.3) is 5.91 Å². The maximum Gasteiger partial charge on any atom is 0.273 e. The van der Waals surface area contributed by atoms with Gasteiger partial charge in [0.05, 0.1) is 5.02 Å². The van der Waals surface area contributed by atoms with Crippen LogP contribution >= 0.6 is 46.4 Å². The molecule has 9 heteroatoms. The predicted molar refractivity (Wildman–Crippen MR) is 70.8 cm³/mol. The molecule has 0 bridgehead atoms. The van der Waals surface area contributed by atoms with Gasteiger partial charge in [-0.2, -0.15) is 0 Å². The van der Waals surface area contributed by atoms with Crippen LogP contribution in [-0.2, 0) is 0 Å². The molecule has 0 fully saturated rings. The zero-order valence-electron chi connectivity index (χ0n) is 8.47. The Morgan fingerprint density at radius 3 is 2.56 bits per heavy atom. The number of hydrogen-bond acceptors (Lipinski definition) is 3. The molecule has 2 aromatic heterocycles. The highest BCUT2D eigenvalue weighted by Gasteiger charge is 2.15. The van der Waals surface area contributed by atoms with Crippen molar-refractivity contribution in [2.24, 2.45) is 0 Å². The van der Waals surface area contributed by atoms with Gasteiger partial charge in [0.15, 0.2) is 11.0 Å². The molecule has 2 heterocycles. The summed E-state index contributed by atoms with van der Waals surface area (Å²) < 4.78 is 0. The van der Waals surface area contributed by atoms with Crippen LogP contribution < -0.4 is 5.32 Å². The largest absolute Gasteiger partial charge is 0.340 e.